The van der Waals surface area contributed by atoms with E-state index < -0.39 is 5.82 Å². The molecule has 3 aromatic heterocycles. The maximum atomic E-state index is 15.1. The van der Waals surface area contributed by atoms with E-state index in [-0.39, 0.29) is 36.5 Å². The molecule has 1 aliphatic rings. The second-order valence-corrected chi connectivity index (χ2v) is 9.72. The Bertz CT molecular complexity index is 1340. The molecule has 0 bridgehead atoms. The predicted octanol–water partition coefficient (Wildman–Crippen LogP) is 5.80. The van der Waals surface area contributed by atoms with Gasteiger partial charge in [0, 0.05) is 35.8 Å². The van der Waals surface area contributed by atoms with Crippen LogP contribution in [0.4, 0.5) is 26.2 Å². The Kier molecular flexibility index (Phi) is 6.95. The fourth-order valence-electron chi connectivity index (χ4n) is 3.87. The summed E-state index contributed by atoms with van der Waals surface area (Å²) in [6.07, 6.45) is 2.49. The molecule has 7 nitrogen and oxygen atoms in total. The average molecular weight is 509 g/mol. The van der Waals surface area contributed by atoms with Crippen LogP contribution in [0.25, 0.3) is 0 Å². The normalized spacial score (nSPS) is 13.9. The molecule has 1 fully saturated rings. The molecule has 0 saturated heterocycles. The Morgan fingerprint density at radius 1 is 1.17 bits per heavy atom. The summed E-state index contributed by atoms with van der Waals surface area (Å²) in [5.41, 5.74) is 3.28. The summed E-state index contributed by atoms with van der Waals surface area (Å²) in [5.74, 6) is 0.342. The van der Waals surface area contributed by atoms with Gasteiger partial charge in [-0.3, -0.25) is 9.89 Å². The number of benzene rings is 1. The van der Waals surface area contributed by atoms with Crippen LogP contribution in [0.1, 0.15) is 54.1 Å². The zero-order chi connectivity index (χ0) is 25.1. The molecule has 1 aliphatic carbocycles. The number of anilines is 3. The Balaban J connectivity index is 1.36. The van der Waals surface area contributed by atoms with Crippen molar-refractivity contribution < 1.29 is 13.6 Å². The predicted molar refractivity (Wildman–Crippen MR) is 136 cm³/mol. The van der Waals surface area contributed by atoms with Gasteiger partial charge in [-0.15, -0.1) is 0 Å². The van der Waals surface area contributed by atoms with Crippen LogP contribution in [0, 0.1) is 11.6 Å². The average Bonchev–Trinajstić information content (AvgIpc) is 3.38. The van der Waals surface area contributed by atoms with Crippen molar-refractivity contribution in [2.45, 2.75) is 44.7 Å². The lowest BCUT2D eigenvalue weighted by Crippen LogP contribution is -2.25. The first-order chi connectivity index (χ1) is 17.4. The van der Waals surface area contributed by atoms with E-state index in [1.165, 1.54) is 29.5 Å². The van der Waals surface area contributed by atoms with Crippen LogP contribution >= 0.6 is 11.3 Å². The number of carbonyl (C=O) groups excluding carboxylic acids is 1. The minimum absolute atomic E-state index is 0.0194. The van der Waals surface area contributed by atoms with Gasteiger partial charge in [-0.05, 0) is 65.9 Å². The van der Waals surface area contributed by atoms with Crippen molar-refractivity contribution in [3.05, 3.63) is 87.2 Å². The molecule has 1 amide bonds. The van der Waals surface area contributed by atoms with E-state index in [9.17, 15) is 9.18 Å². The lowest BCUT2D eigenvalue weighted by atomic mass is 10.1. The molecule has 1 aromatic carbocycles. The van der Waals surface area contributed by atoms with Crippen molar-refractivity contribution >= 4 is 34.7 Å². The number of pyridine rings is 1. The third-order valence-electron chi connectivity index (χ3n) is 6.06. The van der Waals surface area contributed by atoms with Crippen molar-refractivity contribution in [3.8, 4) is 0 Å². The molecule has 0 aliphatic heterocycles. The molecule has 3 heterocycles. The number of hydrogen-bond acceptors (Lipinski definition) is 6. The summed E-state index contributed by atoms with van der Waals surface area (Å²) < 4.78 is 28.5. The van der Waals surface area contributed by atoms with Gasteiger partial charge in [0.2, 0.25) is 5.91 Å². The number of aromatic amines is 1. The minimum atomic E-state index is -0.562. The molecule has 4 aromatic rings. The second kappa shape index (κ2) is 10.4. The van der Waals surface area contributed by atoms with Gasteiger partial charge in [-0.25, -0.2) is 13.8 Å². The highest BCUT2D eigenvalue weighted by Gasteiger charge is 2.26. The zero-order valence-electron chi connectivity index (χ0n) is 19.6. The fourth-order valence-corrected chi connectivity index (χ4v) is 4.54. The van der Waals surface area contributed by atoms with Crippen molar-refractivity contribution in [1.29, 1.82) is 0 Å². The van der Waals surface area contributed by atoms with Crippen molar-refractivity contribution in [2.24, 2.45) is 0 Å². The fraction of sp³-hybridized carbons (Fsp3) is 0.269. The summed E-state index contributed by atoms with van der Waals surface area (Å²) in [6, 6.07) is 11.0. The van der Waals surface area contributed by atoms with Gasteiger partial charge in [0.15, 0.2) is 17.5 Å². The van der Waals surface area contributed by atoms with Crippen LogP contribution in [0.2, 0.25) is 0 Å². The minimum Gasteiger partial charge on any atom is -0.363 e. The number of halogens is 2. The van der Waals surface area contributed by atoms with Crippen molar-refractivity contribution in [3.63, 3.8) is 0 Å². The van der Waals surface area contributed by atoms with Crippen molar-refractivity contribution in [2.75, 3.05) is 10.6 Å². The summed E-state index contributed by atoms with van der Waals surface area (Å²) in [6.45, 7) is 2.00. The largest absolute Gasteiger partial charge is 0.363 e. The van der Waals surface area contributed by atoms with Crippen LogP contribution in [-0.4, -0.2) is 21.1 Å². The van der Waals surface area contributed by atoms with E-state index in [2.05, 4.69) is 31.1 Å². The summed E-state index contributed by atoms with van der Waals surface area (Å²) in [5, 5.41) is 20.1. The first-order valence-electron chi connectivity index (χ1n) is 11.8. The topological polar surface area (TPSA) is 94.7 Å². The number of nitrogens with zero attached hydrogens (tertiary/aromatic N) is 2. The monoisotopic (exact) mass is 508 g/mol. The summed E-state index contributed by atoms with van der Waals surface area (Å²) >= 11 is 1.53. The van der Waals surface area contributed by atoms with Gasteiger partial charge >= 0.3 is 0 Å². The van der Waals surface area contributed by atoms with Gasteiger partial charge in [0.25, 0.3) is 0 Å². The quantitative estimate of drug-likeness (QED) is 0.217. The molecular weight excluding hydrogens is 482 g/mol. The molecule has 0 radical (unpaired) electrons. The number of carbonyl (C=O) groups is 1. The highest BCUT2D eigenvalue weighted by atomic mass is 32.1. The lowest BCUT2D eigenvalue weighted by Gasteiger charge is -2.19. The smallest absolute Gasteiger partial charge is 0.224 e. The van der Waals surface area contributed by atoms with E-state index in [4.69, 9.17) is 0 Å². The Hall–Kier alpha value is -3.79. The van der Waals surface area contributed by atoms with E-state index >= 15 is 4.39 Å². The van der Waals surface area contributed by atoms with Crippen LogP contribution in [-0.2, 0) is 17.8 Å². The van der Waals surface area contributed by atoms with Gasteiger partial charge < -0.3 is 16.0 Å². The van der Waals surface area contributed by atoms with Crippen LogP contribution in [0.5, 0.6) is 0 Å². The maximum absolute atomic E-state index is 15.1. The van der Waals surface area contributed by atoms with E-state index in [1.54, 1.807) is 12.1 Å². The number of aromatic nitrogens is 3. The van der Waals surface area contributed by atoms with E-state index in [0.717, 1.165) is 29.7 Å². The van der Waals surface area contributed by atoms with E-state index in [1.807, 2.05) is 29.8 Å². The number of rotatable bonds is 10. The molecule has 10 heteroatoms. The molecule has 36 heavy (non-hydrogen) atoms. The van der Waals surface area contributed by atoms with Crippen LogP contribution < -0.4 is 16.0 Å². The van der Waals surface area contributed by atoms with Gasteiger partial charge in [-0.1, -0.05) is 12.1 Å². The Morgan fingerprint density at radius 3 is 2.69 bits per heavy atom. The highest BCUT2D eigenvalue weighted by Crippen LogP contribution is 2.39. The Labute approximate surface area is 211 Å². The third kappa shape index (κ3) is 5.88. The molecule has 0 spiro atoms. The Morgan fingerprint density at radius 2 is 1.97 bits per heavy atom. The van der Waals surface area contributed by atoms with E-state index in [0.29, 0.717) is 23.1 Å². The lowest BCUT2D eigenvalue weighted by molar-refractivity contribution is -0.120. The summed E-state index contributed by atoms with van der Waals surface area (Å²) in [4.78, 5) is 16.9. The highest BCUT2D eigenvalue weighted by molar-refractivity contribution is 7.08. The van der Waals surface area contributed by atoms with Gasteiger partial charge in [-0.2, -0.15) is 16.4 Å². The molecule has 1 atom stereocenters. The standard InChI is InChI=1S/C26H26F2N6OS/c1-15(17-4-6-20(27)7-5-17)30-25-19(13-29-24(35)10-16-8-9-36-14-16)11-21(28)26(32-25)31-23-12-22(33-34-23)18-2-3-18/h4-9,11-12,14-15,18H,2-3,10,13H2,1H3,(H,29,35)(H3,30,31,32,33,34). The van der Waals surface area contributed by atoms with Gasteiger partial charge in [0.05, 0.1) is 6.42 Å². The second-order valence-electron chi connectivity index (χ2n) is 8.94. The molecule has 186 valence electrons. The first-order valence-corrected chi connectivity index (χ1v) is 12.7. The third-order valence-corrected chi connectivity index (χ3v) is 6.79. The molecule has 5 rings (SSSR count). The SMILES string of the molecule is CC(Nc1nc(Nc2cc(C3CC3)[nH]n2)c(F)cc1CNC(=O)Cc1ccsc1)c1ccc(F)cc1. The summed E-state index contributed by atoms with van der Waals surface area (Å²) in [7, 11) is 0. The van der Waals surface area contributed by atoms with Crippen LogP contribution in [0.3, 0.4) is 0 Å². The molecule has 1 saturated carbocycles. The number of nitrogens with one attached hydrogen (secondary N) is 4. The van der Waals surface area contributed by atoms with Crippen LogP contribution in [0.15, 0.2) is 53.2 Å². The first kappa shape index (κ1) is 23.9. The number of hydrogen-bond donors (Lipinski definition) is 4. The zero-order valence-corrected chi connectivity index (χ0v) is 20.5. The number of thiophene rings is 1. The van der Waals surface area contributed by atoms with Gasteiger partial charge in [0.1, 0.15) is 11.6 Å². The molecule has 4 N–H and O–H groups in total. The number of H-pyrrole nitrogens is 1. The number of amides is 1. The maximum Gasteiger partial charge on any atom is 0.224 e. The van der Waals surface area contributed by atoms with Crippen molar-refractivity contribution in [1.82, 2.24) is 20.5 Å². The molecular formula is C26H26F2N6OS. The molecule has 1 unspecified atom stereocenters.